The molecule has 104 valence electrons. The molecule has 0 spiro atoms. The minimum absolute atomic E-state index is 0.479. The molecule has 1 aliphatic heterocycles. The molecule has 0 fully saturated rings. The Morgan fingerprint density at radius 1 is 1.37 bits per heavy atom. The molecule has 0 saturated heterocycles. The number of aliphatic imine (C=N–C) groups is 1. The van der Waals surface area contributed by atoms with Gasteiger partial charge in [0.25, 0.3) is 0 Å². The molecule has 3 nitrogen and oxygen atoms in total. The van der Waals surface area contributed by atoms with Crippen molar-refractivity contribution in [2.24, 2.45) is 4.99 Å². The molecular formula is C13H16F3N3. The summed E-state index contributed by atoms with van der Waals surface area (Å²) in [5, 5.41) is 3.14. The molecule has 1 aliphatic rings. The van der Waals surface area contributed by atoms with E-state index in [4.69, 9.17) is 0 Å². The first-order valence-electron chi connectivity index (χ1n) is 6.04. The monoisotopic (exact) mass is 271 g/mol. The van der Waals surface area contributed by atoms with Crippen molar-refractivity contribution in [3.05, 3.63) is 34.9 Å². The first kappa shape index (κ1) is 13.7. The number of nitrogens with one attached hydrogen (secondary N) is 1. The van der Waals surface area contributed by atoms with Gasteiger partial charge in [-0.3, -0.25) is 4.99 Å². The topological polar surface area (TPSA) is 27.6 Å². The van der Waals surface area contributed by atoms with Gasteiger partial charge in [-0.15, -0.1) is 0 Å². The third-order valence-corrected chi connectivity index (χ3v) is 3.17. The Morgan fingerprint density at radius 3 is 2.63 bits per heavy atom. The molecule has 0 unspecified atom stereocenters. The van der Waals surface area contributed by atoms with Gasteiger partial charge in [-0.05, 0) is 30.2 Å². The van der Waals surface area contributed by atoms with Gasteiger partial charge in [0.2, 0.25) is 0 Å². The van der Waals surface area contributed by atoms with Crippen LogP contribution < -0.4 is 5.32 Å². The van der Waals surface area contributed by atoms with Gasteiger partial charge in [-0.2, -0.15) is 13.2 Å². The number of alkyl halides is 3. The lowest BCUT2D eigenvalue weighted by Crippen LogP contribution is -2.35. The molecule has 6 heteroatoms. The highest BCUT2D eigenvalue weighted by Crippen LogP contribution is 2.30. The average molecular weight is 271 g/mol. The lowest BCUT2D eigenvalue weighted by atomic mass is 10.0. The predicted octanol–water partition coefficient (Wildman–Crippen LogP) is 2.40. The van der Waals surface area contributed by atoms with E-state index < -0.39 is 11.7 Å². The fraction of sp³-hybridized carbons (Fsp3) is 0.462. The van der Waals surface area contributed by atoms with Crippen LogP contribution in [0.5, 0.6) is 0 Å². The van der Waals surface area contributed by atoms with Crippen LogP contribution in [0.1, 0.15) is 16.7 Å². The van der Waals surface area contributed by atoms with E-state index in [1.807, 2.05) is 11.9 Å². The summed E-state index contributed by atoms with van der Waals surface area (Å²) in [5.74, 6) is 0.791. The minimum atomic E-state index is -4.29. The lowest BCUT2D eigenvalue weighted by molar-refractivity contribution is -0.137. The summed E-state index contributed by atoms with van der Waals surface area (Å²) in [5.41, 5.74) is 0.864. The number of rotatable bonds is 2. The largest absolute Gasteiger partial charge is 0.416 e. The first-order valence-corrected chi connectivity index (χ1v) is 6.04. The summed E-state index contributed by atoms with van der Waals surface area (Å²) < 4.78 is 37.6. The number of halogens is 3. The summed E-state index contributed by atoms with van der Waals surface area (Å²) in [4.78, 5) is 6.26. The van der Waals surface area contributed by atoms with Gasteiger partial charge in [0.05, 0.1) is 12.1 Å². The van der Waals surface area contributed by atoms with Crippen molar-refractivity contribution >= 4 is 5.96 Å². The van der Waals surface area contributed by atoms with Gasteiger partial charge in [-0.1, -0.05) is 6.07 Å². The second-order valence-corrected chi connectivity index (χ2v) is 4.62. The lowest BCUT2D eigenvalue weighted by Gasteiger charge is -2.16. The second kappa shape index (κ2) is 5.11. The van der Waals surface area contributed by atoms with Crippen LogP contribution in [0.4, 0.5) is 13.2 Å². The summed E-state index contributed by atoms with van der Waals surface area (Å²) in [6.07, 6.45) is -4.29. The molecule has 1 heterocycles. The third-order valence-electron chi connectivity index (χ3n) is 3.17. The van der Waals surface area contributed by atoms with Gasteiger partial charge >= 0.3 is 6.18 Å². The zero-order chi connectivity index (χ0) is 14.0. The van der Waals surface area contributed by atoms with Crippen LogP contribution >= 0.6 is 0 Å². The smallest absolute Gasteiger partial charge is 0.352 e. The Hall–Kier alpha value is -1.72. The Bertz CT molecular complexity index is 494. The molecule has 2 rings (SSSR count). The van der Waals surface area contributed by atoms with Crippen LogP contribution in [-0.2, 0) is 12.7 Å². The molecular weight excluding hydrogens is 255 g/mol. The van der Waals surface area contributed by atoms with Crippen molar-refractivity contribution in [2.75, 3.05) is 20.1 Å². The normalized spacial score (nSPS) is 15.6. The highest BCUT2D eigenvalue weighted by Gasteiger charge is 2.30. The fourth-order valence-corrected chi connectivity index (χ4v) is 1.97. The molecule has 0 amide bonds. The highest BCUT2D eigenvalue weighted by atomic mass is 19.4. The molecule has 1 aromatic rings. The number of benzene rings is 1. The second-order valence-electron chi connectivity index (χ2n) is 4.62. The van der Waals surface area contributed by atoms with E-state index in [9.17, 15) is 13.2 Å². The number of hydrogen-bond acceptors (Lipinski definition) is 3. The molecule has 1 N–H and O–H groups in total. The van der Waals surface area contributed by atoms with E-state index in [0.717, 1.165) is 30.7 Å². The van der Waals surface area contributed by atoms with E-state index in [-0.39, 0.29) is 0 Å². The van der Waals surface area contributed by atoms with Gasteiger partial charge in [0, 0.05) is 20.1 Å². The quantitative estimate of drug-likeness (QED) is 0.894. The van der Waals surface area contributed by atoms with Crippen LogP contribution in [0.25, 0.3) is 0 Å². The molecule has 0 bridgehead atoms. The number of hydrogen-bond donors (Lipinski definition) is 1. The van der Waals surface area contributed by atoms with Crippen molar-refractivity contribution in [1.82, 2.24) is 10.2 Å². The SMILES string of the molecule is Cc1cc(C(F)(F)F)ccc1CNC1=NCCN1C. The molecule has 0 saturated carbocycles. The highest BCUT2D eigenvalue weighted by molar-refractivity contribution is 5.81. The molecule has 19 heavy (non-hydrogen) atoms. The molecule has 0 atom stereocenters. The molecule has 0 aromatic heterocycles. The average Bonchev–Trinajstić information content (AvgIpc) is 2.72. The molecule has 0 aliphatic carbocycles. The number of likely N-dealkylation sites (N-methyl/N-ethyl adjacent to an activating group) is 1. The van der Waals surface area contributed by atoms with Gasteiger partial charge < -0.3 is 10.2 Å². The Kier molecular flexibility index (Phi) is 3.68. The number of aryl methyl sites for hydroxylation is 1. The van der Waals surface area contributed by atoms with Gasteiger partial charge in [-0.25, -0.2) is 0 Å². The predicted molar refractivity (Wildman–Crippen MR) is 68.0 cm³/mol. The maximum Gasteiger partial charge on any atom is 0.416 e. The van der Waals surface area contributed by atoms with Crippen LogP contribution in [0, 0.1) is 6.92 Å². The first-order chi connectivity index (χ1) is 8.88. The zero-order valence-electron chi connectivity index (χ0n) is 10.9. The summed E-state index contributed by atoms with van der Waals surface area (Å²) >= 11 is 0. The maximum absolute atomic E-state index is 12.5. The van der Waals surface area contributed by atoms with Crippen molar-refractivity contribution in [3.8, 4) is 0 Å². The zero-order valence-corrected chi connectivity index (χ0v) is 10.9. The van der Waals surface area contributed by atoms with Crippen molar-refractivity contribution in [3.63, 3.8) is 0 Å². The van der Waals surface area contributed by atoms with Crippen molar-refractivity contribution < 1.29 is 13.2 Å². The fourth-order valence-electron chi connectivity index (χ4n) is 1.97. The standard InChI is InChI=1S/C13H16F3N3/c1-9-7-11(13(14,15)16)4-3-10(9)8-18-12-17-5-6-19(12)2/h3-4,7H,5-6,8H2,1-2H3,(H,17,18). The van der Waals surface area contributed by atoms with Crippen LogP contribution in [0.2, 0.25) is 0 Å². The van der Waals surface area contributed by atoms with E-state index in [0.29, 0.717) is 12.1 Å². The van der Waals surface area contributed by atoms with Gasteiger partial charge in [0.1, 0.15) is 0 Å². The van der Waals surface area contributed by atoms with E-state index >= 15 is 0 Å². The number of nitrogens with zero attached hydrogens (tertiary/aromatic N) is 2. The Labute approximate surface area is 110 Å². The maximum atomic E-state index is 12.5. The van der Waals surface area contributed by atoms with Crippen molar-refractivity contribution in [2.45, 2.75) is 19.6 Å². The summed E-state index contributed by atoms with van der Waals surface area (Å²) in [6.45, 7) is 3.79. The van der Waals surface area contributed by atoms with Crippen LogP contribution in [0.15, 0.2) is 23.2 Å². The molecule has 0 radical (unpaired) electrons. The van der Waals surface area contributed by atoms with E-state index in [2.05, 4.69) is 10.3 Å². The summed E-state index contributed by atoms with van der Waals surface area (Å²) in [7, 11) is 1.93. The van der Waals surface area contributed by atoms with Crippen LogP contribution in [0.3, 0.4) is 0 Å². The van der Waals surface area contributed by atoms with E-state index in [1.54, 1.807) is 6.92 Å². The summed E-state index contributed by atoms with van der Waals surface area (Å²) in [6, 6.07) is 3.81. The van der Waals surface area contributed by atoms with E-state index in [1.165, 1.54) is 12.1 Å². The Morgan fingerprint density at radius 2 is 2.11 bits per heavy atom. The Balaban J connectivity index is 2.06. The van der Waals surface area contributed by atoms with Gasteiger partial charge in [0.15, 0.2) is 5.96 Å². The molecule has 1 aromatic carbocycles. The minimum Gasteiger partial charge on any atom is -0.352 e. The van der Waals surface area contributed by atoms with Crippen molar-refractivity contribution in [1.29, 1.82) is 0 Å². The third kappa shape index (κ3) is 3.19. The number of guanidine groups is 1. The van der Waals surface area contributed by atoms with Crippen LogP contribution in [-0.4, -0.2) is 31.0 Å².